The first kappa shape index (κ1) is 21.6. The molecule has 1 fully saturated rings. The van der Waals surface area contributed by atoms with Gasteiger partial charge in [0.15, 0.2) is 6.33 Å². The van der Waals surface area contributed by atoms with Crippen LogP contribution in [0.2, 0.25) is 10.0 Å². The molecule has 31 heavy (non-hydrogen) atoms. The molecule has 2 aromatic carbocycles. The predicted octanol–water partition coefficient (Wildman–Crippen LogP) is 4.66. The molecule has 0 bridgehead atoms. The van der Waals surface area contributed by atoms with Crippen molar-refractivity contribution in [1.29, 1.82) is 0 Å². The van der Waals surface area contributed by atoms with E-state index in [1.807, 2.05) is 48.5 Å². The number of rotatable bonds is 6. The number of hydrogen-bond acceptors (Lipinski definition) is 5. The molecule has 1 aromatic heterocycles. The maximum atomic E-state index is 12.7. The number of halogens is 2. The average molecular weight is 460 g/mol. The Bertz CT molecular complexity index is 992. The lowest BCUT2D eigenvalue weighted by Crippen LogP contribution is -2.40. The number of carbonyl (C=O) groups excluding carboxylic acids is 1. The summed E-state index contributed by atoms with van der Waals surface area (Å²) in [5, 5.41) is 13.0. The molecule has 2 heterocycles. The Kier molecular flexibility index (Phi) is 7.04. The first-order chi connectivity index (χ1) is 15.1. The lowest BCUT2D eigenvalue weighted by molar-refractivity contribution is 0.0775. The molecule has 0 spiro atoms. The number of carbonyl (C=O) groups is 1. The van der Waals surface area contributed by atoms with E-state index in [0.29, 0.717) is 29.1 Å². The van der Waals surface area contributed by atoms with Crippen LogP contribution in [0.25, 0.3) is 0 Å². The highest BCUT2D eigenvalue weighted by atomic mass is 35.5. The number of piperidine rings is 1. The highest BCUT2D eigenvalue weighted by molar-refractivity contribution is 6.42. The maximum Gasteiger partial charge on any atom is 0.409 e. The third-order valence-corrected chi connectivity index (χ3v) is 6.31. The normalized spacial score (nSPS) is 15.6. The van der Waals surface area contributed by atoms with Gasteiger partial charge in [0.25, 0.3) is 0 Å². The van der Waals surface area contributed by atoms with E-state index in [4.69, 9.17) is 27.9 Å². The first-order valence-electron chi connectivity index (χ1n) is 10.2. The van der Waals surface area contributed by atoms with Gasteiger partial charge in [-0.05, 0) is 53.7 Å². The second-order valence-electron chi connectivity index (χ2n) is 7.64. The van der Waals surface area contributed by atoms with E-state index in [1.54, 1.807) is 4.90 Å². The van der Waals surface area contributed by atoms with Crippen molar-refractivity contribution >= 4 is 29.3 Å². The van der Waals surface area contributed by atoms with E-state index in [-0.39, 0.29) is 18.7 Å². The zero-order valence-electron chi connectivity index (χ0n) is 16.9. The molecule has 0 N–H and O–H groups in total. The number of ether oxygens (including phenoxy) is 1. The summed E-state index contributed by atoms with van der Waals surface area (Å²) < 4.78 is 5.63. The topological polar surface area (TPSA) is 73.1 Å². The van der Waals surface area contributed by atoms with Gasteiger partial charge in [0.05, 0.1) is 10.0 Å². The van der Waals surface area contributed by atoms with Gasteiger partial charge < -0.3 is 9.64 Å². The number of benzene rings is 2. The summed E-state index contributed by atoms with van der Waals surface area (Å²) in [5.74, 6) is 0.498. The Morgan fingerprint density at radius 3 is 2.55 bits per heavy atom. The fourth-order valence-electron chi connectivity index (χ4n) is 3.85. The Labute approximate surface area is 190 Å². The molecule has 1 unspecified atom stereocenters. The van der Waals surface area contributed by atoms with E-state index >= 15 is 0 Å². The molecule has 4 rings (SSSR count). The fraction of sp³-hybridized carbons (Fsp3) is 0.364. The zero-order chi connectivity index (χ0) is 21.6. The summed E-state index contributed by atoms with van der Waals surface area (Å²) in [7, 11) is 0. The van der Waals surface area contributed by atoms with Crippen LogP contribution < -0.4 is 0 Å². The van der Waals surface area contributed by atoms with Gasteiger partial charge in [0, 0.05) is 13.1 Å². The van der Waals surface area contributed by atoms with Crippen molar-refractivity contribution in [2.75, 3.05) is 19.7 Å². The molecule has 1 atom stereocenters. The molecule has 3 aromatic rings. The smallest absolute Gasteiger partial charge is 0.409 e. The second-order valence-corrected chi connectivity index (χ2v) is 8.46. The number of tetrazole rings is 1. The van der Waals surface area contributed by atoms with E-state index < -0.39 is 0 Å². The minimum Gasteiger partial charge on any atom is -0.447 e. The van der Waals surface area contributed by atoms with Crippen LogP contribution in [0.4, 0.5) is 4.79 Å². The lowest BCUT2D eigenvalue weighted by Gasteiger charge is -2.31. The molecule has 1 saturated heterocycles. The predicted molar refractivity (Wildman–Crippen MR) is 118 cm³/mol. The van der Waals surface area contributed by atoms with Crippen LogP contribution in [-0.2, 0) is 11.2 Å². The van der Waals surface area contributed by atoms with Crippen molar-refractivity contribution in [3.05, 3.63) is 76.0 Å². The van der Waals surface area contributed by atoms with E-state index in [1.165, 1.54) is 16.7 Å². The summed E-state index contributed by atoms with van der Waals surface area (Å²) >= 11 is 12.1. The van der Waals surface area contributed by atoms with Gasteiger partial charge in [-0.3, -0.25) is 0 Å². The molecule has 1 amide bonds. The SMILES string of the molecule is O=C(OCC(c1ccccc1)n1ncnn1)N1CCC(Cc2ccc(Cl)c(Cl)c2)CC1. The van der Waals surface area contributed by atoms with Crippen molar-refractivity contribution < 1.29 is 9.53 Å². The molecule has 0 saturated carbocycles. The highest BCUT2D eigenvalue weighted by Gasteiger charge is 2.26. The van der Waals surface area contributed by atoms with Gasteiger partial charge in [-0.2, -0.15) is 4.80 Å². The van der Waals surface area contributed by atoms with Gasteiger partial charge in [0.1, 0.15) is 12.6 Å². The Morgan fingerprint density at radius 2 is 1.87 bits per heavy atom. The van der Waals surface area contributed by atoms with Gasteiger partial charge in [-0.1, -0.05) is 59.6 Å². The number of aromatic nitrogens is 4. The zero-order valence-corrected chi connectivity index (χ0v) is 18.4. The quantitative estimate of drug-likeness (QED) is 0.535. The standard InChI is InChI=1S/C22H23Cl2N5O2/c23-19-7-6-17(13-20(19)24)12-16-8-10-28(11-9-16)22(30)31-14-21(29-26-15-25-27-29)18-4-2-1-3-5-18/h1-7,13,15-16,21H,8-12,14H2. The van der Waals surface area contributed by atoms with Crippen LogP contribution in [0, 0.1) is 5.92 Å². The number of amides is 1. The lowest BCUT2D eigenvalue weighted by atomic mass is 9.90. The van der Waals surface area contributed by atoms with Crippen LogP contribution in [0.1, 0.15) is 30.0 Å². The van der Waals surface area contributed by atoms with Crippen LogP contribution in [0.15, 0.2) is 54.9 Å². The summed E-state index contributed by atoms with van der Waals surface area (Å²) in [6.07, 6.45) is 3.82. The van der Waals surface area contributed by atoms with Crippen LogP contribution in [0.3, 0.4) is 0 Å². The van der Waals surface area contributed by atoms with Gasteiger partial charge in [-0.15, -0.1) is 10.2 Å². The fourth-order valence-corrected chi connectivity index (χ4v) is 4.17. The van der Waals surface area contributed by atoms with E-state index in [0.717, 1.165) is 24.8 Å². The maximum absolute atomic E-state index is 12.7. The van der Waals surface area contributed by atoms with Crippen LogP contribution in [-0.4, -0.2) is 50.9 Å². The number of hydrogen-bond donors (Lipinski definition) is 0. The Morgan fingerprint density at radius 1 is 1.10 bits per heavy atom. The summed E-state index contributed by atoms with van der Waals surface area (Å²) in [4.78, 5) is 15.9. The van der Waals surface area contributed by atoms with Gasteiger partial charge in [0.2, 0.25) is 0 Å². The average Bonchev–Trinajstić information content (AvgIpc) is 3.32. The van der Waals surface area contributed by atoms with Crippen molar-refractivity contribution in [3.8, 4) is 0 Å². The van der Waals surface area contributed by atoms with Crippen LogP contribution >= 0.6 is 23.2 Å². The van der Waals surface area contributed by atoms with Crippen molar-refractivity contribution in [2.24, 2.45) is 5.92 Å². The van der Waals surface area contributed by atoms with E-state index in [2.05, 4.69) is 15.4 Å². The molecular weight excluding hydrogens is 437 g/mol. The molecule has 0 radical (unpaired) electrons. The molecular formula is C22H23Cl2N5O2. The van der Waals surface area contributed by atoms with Crippen molar-refractivity contribution in [1.82, 2.24) is 25.1 Å². The van der Waals surface area contributed by atoms with Crippen LogP contribution in [0.5, 0.6) is 0 Å². The molecule has 162 valence electrons. The highest BCUT2D eigenvalue weighted by Crippen LogP contribution is 2.27. The number of nitrogens with zero attached hydrogens (tertiary/aromatic N) is 5. The molecule has 9 heteroatoms. The number of likely N-dealkylation sites (tertiary alicyclic amines) is 1. The molecule has 7 nitrogen and oxygen atoms in total. The first-order valence-corrected chi connectivity index (χ1v) is 11.0. The summed E-state index contributed by atoms with van der Waals surface area (Å²) in [6.45, 7) is 1.48. The van der Waals surface area contributed by atoms with E-state index in [9.17, 15) is 4.79 Å². The Balaban J connectivity index is 1.30. The minimum atomic E-state index is -0.320. The molecule has 1 aliphatic rings. The van der Waals surface area contributed by atoms with Gasteiger partial charge in [-0.25, -0.2) is 4.79 Å². The third kappa shape index (κ3) is 5.54. The third-order valence-electron chi connectivity index (χ3n) is 5.57. The van der Waals surface area contributed by atoms with Crippen molar-refractivity contribution in [2.45, 2.75) is 25.3 Å². The summed E-state index contributed by atoms with van der Waals surface area (Å²) in [5.41, 5.74) is 2.12. The monoisotopic (exact) mass is 459 g/mol. The van der Waals surface area contributed by atoms with Gasteiger partial charge >= 0.3 is 6.09 Å². The summed E-state index contributed by atoms with van der Waals surface area (Å²) in [6, 6.07) is 15.2. The second kappa shape index (κ2) is 10.1. The van der Waals surface area contributed by atoms with Crippen molar-refractivity contribution in [3.63, 3.8) is 0 Å². The molecule has 1 aliphatic heterocycles. The largest absolute Gasteiger partial charge is 0.447 e. The molecule has 0 aliphatic carbocycles. The Hall–Kier alpha value is -2.64. The minimum absolute atomic E-state index is 0.141.